The zero-order chi connectivity index (χ0) is 14.7. The molecule has 0 aromatic carbocycles. The van der Waals surface area contributed by atoms with Gasteiger partial charge in [-0.05, 0) is 58.2 Å². The molecule has 0 spiro atoms. The topological polar surface area (TPSA) is 46.0 Å². The van der Waals surface area contributed by atoms with Gasteiger partial charge in [0.05, 0.1) is 6.54 Å². The van der Waals surface area contributed by atoms with Gasteiger partial charge in [-0.25, -0.2) is 0 Å². The highest BCUT2D eigenvalue weighted by Crippen LogP contribution is 2.22. The van der Waals surface area contributed by atoms with Gasteiger partial charge in [0, 0.05) is 19.0 Å². The van der Waals surface area contributed by atoms with E-state index in [4.69, 9.17) is 0 Å². The number of nitrogens with one attached hydrogen (secondary N) is 1. The molecule has 0 aliphatic carbocycles. The lowest BCUT2D eigenvalue weighted by Gasteiger charge is -2.35. The molecular weight excluding hydrogens is 262 g/mol. The Morgan fingerprint density at radius 1 is 1.19 bits per heavy atom. The van der Waals surface area contributed by atoms with Crippen LogP contribution in [0.3, 0.4) is 0 Å². The van der Waals surface area contributed by atoms with E-state index in [0.717, 1.165) is 32.0 Å². The average Bonchev–Trinajstić information content (AvgIpc) is 2.92. The van der Waals surface area contributed by atoms with Gasteiger partial charge in [0.15, 0.2) is 0 Å². The van der Waals surface area contributed by atoms with Crippen LogP contribution in [0.4, 0.5) is 0 Å². The number of likely N-dealkylation sites (tertiary alicyclic amines) is 1. The third kappa shape index (κ3) is 3.46. The molecule has 21 heavy (non-hydrogen) atoms. The summed E-state index contributed by atoms with van der Waals surface area (Å²) < 4.78 is 2.36. The van der Waals surface area contributed by atoms with Crippen LogP contribution in [0.25, 0.3) is 0 Å². The molecule has 5 nitrogen and oxygen atoms in total. The number of hydrogen-bond acceptors (Lipinski definition) is 4. The van der Waals surface area contributed by atoms with Crippen LogP contribution in [-0.2, 0) is 19.5 Å². The lowest BCUT2D eigenvalue weighted by atomic mass is 9.90. The quantitative estimate of drug-likeness (QED) is 0.899. The van der Waals surface area contributed by atoms with Gasteiger partial charge in [-0.3, -0.25) is 4.90 Å². The largest absolute Gasteiger partial charge is 0.314 e. The van der Waals surface area contributed by atoms with Gasteiger partial charge in [-0.2, -0.15) is 0 Å². The molecule has 2 aliphatic rings. The second-order valence-electron chi connectivity index (χ2n) is 6.60. The number of fused-ring (bicyclic) bond motifs is 1. The predicted octanol–water partition coefficient (Wildman–Crippen LogP) is 1.82. The van der Waals surface area contributed by atoms with E-state index in [1.807, 2.05) is 0 Å². The summed E-state index contributed by atoms with van der Waals surface area (Å²) in [6.07, 6.45) is 6.26. The molecule has 3 rings (SSSR count). The third-order valence-electron chi connectivity index (χ3n) is 5.17. The highest BCUT2D eigenvalue weighted by molar-refractivity contribution is 4.99. The first-order valence-electron chi connectivity index (χ1n) is 8.64. The molecule has 3 heterocycles. The van der Waals surface area contributed by atoms with Crippen LogP contribution in [-0.4, -0.2) is 45.3 Å². The zero-order valence-corrected chi connectivity index (χ0v) is 13.5. The van der Waals surface area contributed by atoms with E-state index in [-0.39, 0.29) is 0 Å². The number of rotatable bonds is 5. The summed E-state index contributed by atoms with van der Waals surface area (Å²) in [4.78, 5) is 2.56. The van der Waals surface area contributed by atoms with Crippen molar-refractivity contribution in [1.82, 2.24) is 25.0 Å². The molecule has 1 aromatic rings. The molecular formula is C16H29N5. The van der Waals surface area contributed by atoms with Gasteiger partial charge in [0.2, 0.25) is 0 Å². The minimum atomic E-state index is 0.651. The highest BCUT2D eigenvalue weighted by Gasteiger charge is 2.25. The lowest BCUT2D eigenvalue weighted by molar-refractivity contribution is 0.152. The maximum absolute atomic E-state index is 4.43. The maximum atomic E-state index is 4.43. The van der Waals surface area contributed by atoms with Crippen LogP contribution in [0, 0.1) is 5.92 Å². The number of aromatic nitrogens is 3. The first-order valence-corrected chi connectivity index (χ1v) is 8.64. The summed E-state index contributed by atoms with van der Waals surface area (Å²) in [7, 11) is 0. The van der Waals surface area contributed by atoms with E-state index in [2.05, 4.69) is 38.8 Å². The Morgan fingerprint density at radius 2 is 2.00 bits per heavy atom. The standard InChI is InChI=1S/C16H29N5/c1-3-17-13(2)14-7-10-20(11-8-14)12-16-19-18-15-6-4-5-9-21(15)16/h13-14,17H,3-12H2,1-2H3. The predicted molar refractivity (Wildman–Crippen MR) is 84.1 cm³/mol. The Labute approximate surface area is 128 Å². The molecule has 1 unspecified atom stereocenters. The minimum Gasteiger partial charge on any atom is -0.314 e. The molecule has 0 bridgehead atoms. The Morgan fingerprint density at radius 3 is 2.76 bits per heavy atom. The van der Waals surface area contributed by atoms with Crippen molar-refractivity contribution in [2.75, 3.05) is 19.6 Å². The first-order chi connectivity index (χ1) is 10.3. The molecule has 1 fully saturated rings. The zero-order valence-electron chi connectivity index (χ0n) is 13.5. The van der Waals surface area contributed by atoms with Crippen LogP contribution in [0.5, 0.6) is 0 Å². The molecule has 0 radical (unpaired) electrons. The molecule has 0 amide bonds. The summed E-state index contributed by atoms with van der Waals surface area (Å²) in [5.41, 5.74) is 0. The average molecular weight is 291 g/mol. The molecule has 2 aliphatic heterocycles. The number of piperidine rings is 1. The molecule has 5 heteroatoms. The molecule has 1 atom stereocenters. The molecule has 1 saturated heterocycles. The summed E-state index contributed by atoms with van der Waals surface area (Å²) >= 11 is 0. The van der Waals surface area contributed by atoms with Crippen molar-refractivity contribution in [3.63, 3.8) is 0 Å². The van der Waals surface area contributed by atoms with Gasteiger partial charge in [0.25, 0.3) is 0 Å². The second-order valence-corrected chi connectivity index (χ2v) is 6.60. The number of nitrogens with zero attached hydrogens (tertiary/aromatic N) is 4. The van der Waals surface area contributed by atoms with Gasteiger partial charge in [-0.1, -0.05) is 6.92 Å². The Bertz CT molecular complexity index is 448. The van der Waals surface area contributed by atoms with Crippen molar-refractivity contribution in [2.24, 2.45) is 5.92 Å². The van der Waals surface area contributed by atoms with Crippen molar-refractivity contribution >= 4 is 0 Å². The van der Waals surface area contributed by atoms with Crippen LogP contribution >= 0.6 is 0 Å². The Hall–Kier alpha value is -0.940. The normalized spacial score (nSPS) is 22.2. The summed E-state index contributed by atoms with van der Waals surface area (Å²) in [6, 6.07) is 0.651. The van der Waals surface area contributed by atoms with Crippen LogP contribution in [0.2, 0.25) is 0 Å². The fourth-order valence-corrected chi connectivity index (χ4v) is 3.79. The third-order valence-corrected chi connectivity index (χ3v) is 5.17. The molecule has 0 saturated carbocycles. The van der Waals surface area contributed by atoms with Gasteiger partial charge in [-0.15, -0.1) is 10.2 Å². The summed E-state index contributed by atoms with van der Waals surface area (Å²) in [5.74, 6) is 3.21. The molecule has 118 valence electrons. The van der Waals surface area contributed by atoms with Gasteiger partial charge >= 0.3 is 0 Å². The number of aryl methyl sites for hydroxylation is 1. The SMILES string of the molecule is CCNC(C)C1CCN(Cc2nnc3n2CCCC3)CC1. The van der Waals surface area contributed by atoms with Crippen molar-refractivity contribution in [3.8, 4) is 0 Å². The molecule has 1 N–H and O–H groups in total. The van der Waals surface area contributed by atoms with E-state index in [0.29, 0.717) is 6.04 Å². The minimum absolute atomic E-state index is 0.651. The Kier molecular flexibility index (Phi) is 4.91. The fraction of sp³-hybridized carbons (Fsp3) is 0.875. The summed E-state index contributed by atoms with van der Waals surface area (Å²) in [6.45, 7) is 10.1. The van der Waals surface area contributed by atoms with E-state index < -0.39 is 0 Å². The van der Waals surface area contributed by atoms with Crippen molar-refractivity contribution in [2.45, 2.75) is 65.1 Å². The Balaban J connectivity index is 1.52. The van der Waals surface area contributed by atoms with Crippen LogP contribution in [0.15, 0.2) is 0 Å². The maximum Gasteiger partial charge on any atom is 0.147 e. The van der Waals surface area contributed by atoms with Gasteiger partial charge < -0.3 is 9.88 Å². The van der Waals surface area contributed by atoms with E-state index in [1.165, 1.54) is 50.4 Å². The van der Waals surface area contributed by atoms with E-state index in [9.17, 15) is 0 Å². The lowest BCUT2D eigenvalue weighted by Crippen LogP contribution is -2.42. The fourth-order valence-electron chi connectivity index (χ4n) is 3.79. The van der Waals surface area contributed by atoms with Crippen molar-refractivity contribution < 1.29 is 0 Å². The van der Waals surface area contributed by atoms with Crippen LogP contribution < -0.4 is 5.32 Å². The van der Waals surface area contributed by atoms with Gasteiger partial charge in [0.1, 0.15) is 11.6 Å². The highest BCUT2D eigenvalue weighted by atomic mass is 15.3. The van der Waals surface area contributed by atoms with Crippen molar-refractivity contribution in [1.29, 1.82) is 0 Å². The number of hydrogen-bond donors (Lipinski definition) is 1. The smallest absolute Gasteiger partial charge is 0.147 e. The van der Waals surface area contributed by atoms with E-state index in [1.54, 1.807) is 0 Å². The van der Waals surface area contributed by atoms with Crippen molar-refractivity contribution in [3.05, 3.63) is 11.6 Å². The van der Waals surface area contributed by atoms with E-state index >= 15 is 0 Å². The molecule has 1 aromatic heterocycles. The monoisotopic (exact) mass is 291 g/mol. The van der Waals surface area contributed by atoms with Crippen LogP contribution in [0.1, 0.15) is 51.2 Å². The summed E-state index contributed by atoms with van der Waals surface area (Å²) in [5, 5.41) is 12.4. The second kappa shape index (κ2) is 6.88. The first kappa shape index (κ1) is 15.0.